The van der Waals surface area contributed by atoms with Gasteiger partial charge in [-0.05, 0) is 63.8 Å². The molecule has 0 spiro atoms. The van der Waals surface area contributed by atoms with Crippen LogP contribution in [-0.2, 0) is 0 Å². The molecule has 160 valence electrons. The number of nitrogens with zero attached hydrogens (tertiary/aromatic N) is 6. The zero-order valence-electron chi connectivity index (χ0n) is 18.8. The minimum atomic E-state index is -0.406. The summed E-state index contributed by atoms with van der Waals surface area (Å²) in [5, 5.41) is 17.0. The highest BCUT2D eigenvalue weighted by Crippen LogP contribution is 2.35. The van der Waals surface area contributed by atoms with Gasteiger partial charge in [0.1, 0.15) is 0 Å². The second-order valence-corrected chi connectivity index (χ2v) is 9.14. The molecule has 0 atom stereocenters. The summed E-state index contributed by atoms with van der Waals surface area (Å²) in [6.45, 7) is 8.70. The fraction of sp³-hybridized carbons (Fsp3) is 0.417. The van der Waals surface area contributed by atoms with Crippen LogP contribution in [-0.4, -0.2) is 33.3 Å². The Morgan fingerprint density at radius 3 is 2.68 bits per heavy atom. The summed E-state index contributed by atoms with van der Waals surface area (Å²) in [5.41, 5.74) is 5.72. The number of hydrogen-bond acceptors (Lipinski definition) is 6. The standard InChI is InChI=1S/C24H29N7/c1-16-10-18(6-9-21(16)30(5)15-24(3,4)14-25)22-17(2)11-26-23(29-22)28-19-12-27-31(13-19)20-7-8-20/h6,9-13,20H,7-8,15H2,1-5H3,(H,26,28,29). The first-order chi connectivity index (χ1) is 14.8. The van der Waals surface area contributed by atoms with Gasteiger partial charge in [-0.3, -0.25) is 4.68 Å². The zero-order chi connectivity index (χ0) is 22.2. The monoisotopic (exact) mass is 415 g/mol. The van der Waals surface area contributed by atoms with Crippen molar-refractivity contribution in [3.63, 3.8) is 0 Å². The molecule has 0 bridgehead atoms. The van der Waals surface area contributed by atoms with Crippen LogP contribution in [0.25, 0.3) is 11.3 Å². The summed E-state index contributed by atoms with van der Waals surface area (Å²) in [4.78, 5) is 11.4. The van der Waals surface area contributed by atoms with Crippen molar-refractivity contribution in [2.24, 2.45) is 5.41 Å². The third-order valence-electron chi connectivity index (χ3n) is 5.57. The summed E-state index contributed by atoms with van der Waals surface area (Å²) in [6, 6.07) is 9.25. The predicted octanol–water partition coefficient (Wildman–Crippen LogP) is 5.02. The Morgan fingerprint density at radius 2 is 2.00 bits per heavy atom. The Kier molecular flexibility index (Phi) is 5.40. The fourth-order valence-corrected chi connectivity index (χ4v) is 3.81. The van der Waals surface area contributed by atoms with Crippen LogP contribution >= 0.6 is 0 Å². The number of aryl methyl sites for hydroxylation is 2. The van der Waals surface area contributed by atoms with Gasteiger partial charge in [-0.2, -0.15) is 10.4 Å². The Balaban J connectivity index is 1.56. The van der Waals surface area contributed by atoms with Gasteiger partial charge in [-0.15, -0.1) is 0 Å². The molecule has 1 aliphatic rings. The lowest BCUT2D eigenvalue weighted by molar-refractivity contribution is 0.497. The minimum absolute atomic E-state index is 0.406. The molecule has 1 aromatic carbocycles. The summed E-state index contributed by atoms with van der Waals surface area (Å²) < 4.78 is 2.00. The van der Waals surface area contributed by atoms with E-state index in [1.807, 2.05) is 51.1 Å². The largest absolute Gasteiger partial charge is 0.373 e. The number of anilines is 3. The van der Waals surface area contributed by atoms with Crippen molar-refractivity contribution < 1.29 is 0 Å². The SMILES string of the molecule is Cc1cc(-c2nc(Nc3cnn(C4CC4)c3)ncc2C)ccc1N(C)CC(C)(C)C#N. The molecule has 4 rings (SSSR count). The van der Waals surface area contributed by atoms with Crippen LogP contribution in [0, 0.1) is 30.6 Å². The minimum Gasteiger partial charge on any atom is -0.373 e. The lowest BCUT2D eigenvalue weighted by atomic mass is 9.94. The Hall–Kier alpha value is -3.40. The molecule has 0 amide bonds. The molecular weight excluding hydrogens is 386 g/mol. The van der Waals surface area contributed by atoms with E-state index in [-0.39, 0.29) is 0 Å². The second kappa shape index (κ2) is 8.03. The highest BCUT2D eigenvalue weighted by molar-refractivity contribution is 5.69. The topological polar surface area (TPSA) is 82.7 Å². The van der Waals surface area contributed by atoms with Gasteiger partial charge in [0, 0.05) is 37.2 Å². The summed E-state index contributed by atoms with van der Waals surface area (Å²) in [6.07, 6.45) is 8.08. The Labute approximate surface area is 183 Å². The smallest absolute Gasteiger partial charge is 0.227 e. The molecule has 2 aromatic heterocycles. The van der Waals surface area contributed by atoms with Crippen LogP contribution in [0.3, 0.4) is 0 Å². The number of nitriles is 1. The number of aromatic nitrogens is 4. The second-order valence-electron chi connectivity index (χ2n) is 9.14. The molecule has 0 aliphatic heterocycles. The van der Waals surface area contributed by atoms with Crippen molar-refractivity contribution in [1.29, 1.82) is 5.26 Å². The van der Waals surface area contributed by atoms with E-state index in [4.69, 9.17) is 4.98 Å². The molecular formula is C24H29N7. The molecule has 7 nitrogen and oxygen atoms in total. The average molecular weight is 416 g/mol. The first-order valence-electron chi connectivity index (χ1n) is 10.6. The molecule has 2 heterocycles. The van der Waals surface area contributed by atoms with Crippen molar-refractivity contribution >= 4 is 17.3 Å². The molecule has 1 saturated carbocycles. The van der Waals surface area contributed by atoms with Gasteiger partial charge >= 0.3 is 0 Å². The molecule has 1 fully saturated rings. The molecule has 0 unspecified atom stereocenters. The van der Waals surface area contributed by atoms with E-state index in [0.29, 0.717) is 18.5 Å². The molecule has 0 radical (unpaired) electrons. The third-order valence-corrected chi connectivity index (χ3v) is 5.57. The van der Waals surface area contributed by atoms with E-state index < -0.39 is 5.41 Å². The predicted molar refractivity (Wildman–Crippen MR) is 123 cm³/mol. The van der Waals surface area contributed by atoms with E-state index in [0.717, 1.165) is 33.8 Å². The van der Waals surface area contributed by atoms with Gasteiger partial charge in [0.2, 0.25) is 5.95 Å². The van der Waals surface area contributed by atoms with Crippen molar-refractivity contribution in [2.75, 3.05) is 23.8 Å². The lowest BCUT2D eigenvalue weighted by Gasteiger charge is -2.27. The first kappa shape index (κ1) is 20.9. The zero-order valence-corrected chi connectivity index (χ0v) is 18.8. The quantitative estimate of drug-likeness (QED) is 0.583. The van der Waals surface area contributed by atoms with Gasteiger partial charge < -0.3 is 10.2 Å². The highest BCUT2D eigenvalue weighted by atomic mass is 15.3. The summed E-state index contributed by atoms with van der Waals surface area (Å²) in [5.74, 6) is 0.561. The van der Waals surface area contributed by atoms with Crippen LogP contribution in [0.15, 0.2) is 36.8 Å². The van der Waals surface area contributed by atoms with Gasteiger partial charge in [0.05, 0.1) is 35.1 Å². The molecule has 0 saturated heterocycles. The number of nitrogens with one attached hydrogen (secondary N) is 1. The van der Waals surface area contributed by atoms with Crippen molar-refractivity contribution in [3.8, 4) is 17.3 Å². The maximum Gasteiger partial charge on any atom is 0.227 e. The van der Waals surface area contributed by atoms with E-state index in [2.05, 4.69) is 51.5 Å². The lowest BCUT2D eigenvalue weighted by Crippen LogP contribution is -2.30. The summed E-state index contributed by atoms with van der Waals surface area (Å²) in [7, 11) is 2.03. The van der Waals surface area contributed by atoms with Crippen LogP contribution in [0.1, 0.15) is 43.9 Å². The van der Waals surface area contributed by atoms with Crippen LogP contribution < -0.4 is 10.2 Å². The maximum absolute atomic E-state index is 9.34. The van der Waals surface area contributed by atoms with E-state index in [1.165, 1.54) is 12.8 Å². The highest BCUT2D eigenvalue weighted by Gasteiger charge is 2.24. The van der Waals surface area contributed by atoms with Gasteiger partial charge in [-0.1, -0.05) is 6.07 Å². The van der Waals surface area contributed by atoms with Crippen LogP contribution in [0.4, 0.5) is 17.3 Å². The first-order valence-corrected chi connectivity index (χ1v) is 10.6. The van der Waals surface area contributed by atoms with E-state index in [9.17, 15) is 5.26 Å². The summed E-state index contributed by atoms with van der Waals surface area (Å²) >= 11 is 0. The number of hydrogen-bond donors (Lipinski definition) is 1. The van der Waals surface area contributed by atoms with Crippen molar-refractivity contribution in [3.05, 3.63) is 47.9 Å². The van der Waals surface area contributed by atoms with Gasteiger partial charge in [0.15, 0.2) is 0 Å². The molecule has 1 aliphatic carbocycles. The van der Waals surface area contributed by atoms with Crippen molar-refractivity contribution in [1.82, 2.24) is 19.7 Å². The average Bonchev–Trinajstić information content (AvgIpc) is 3.48. The fourth-order valence-electron chi connectivity index (χ4n) is 3.81. The number of rotatable bonds is 7. The molecule has 31 heavy (non-hydrogen) atoms. The van der Waals surface area contributed by atoms with Gasteiger partial charge in [-0.25, -0.2) is 9.97 Å². The Morgan fingerprint density at radius 1 is 1.23 bits per heavy atom. The third kappa shape index (κ3) is 4.69. The van der Waals surface area contributed by atoms with Crippen LogP contribution in [0.5, 0.6) is 0 Å². The van der Waals surface area contributed by atoms with Gasteiger partial charge in [0.25, 0.3) is 0 Å². The normalized spacial score (nSPS) is 13.7. The molecule has 3 aromatic rings. The molecule has 7 heteroatoms. The Bertz CT molecular complexity index is 1140. The number of benzene rings is 1. The maximum atomic E-state index is 9.34. The van der Waals surface area contributed by atoms with E-state index >= 15 is 0 Å². The van der Waals surface area contributed by atoms with Crippen molar-refractivity contribution in [2.45, 2.75) is 46.6 Å². The van der Waals surface area contributed by atoms with E-state index in [1.54, 1.807) is 0 Å². The molecule has 1 N–H and O–H groups in total. The van der Waals surface area contributed by atoms with Crippen LogP contribution in [0.2, 0.25) is 0 Å².